The number of anilines is 1. The predicted octanol–water partition coefficient (Wildman–Crippen LogP) is 2.48. The van der Waals surface area contributed by atoms with Crippen LogP contribution in [-0.2, 0) is 20.9 Å². The third-order valence-corrected chi connectivity index (χ3v) is 4.12. The number of sulfonamides is 1. The lowest BCUT2D eigenvalue weighted by Crippen LogP contribution is -2.39. The molecule has 0 atom stereocenters. The van der Waals surface area contributed by atoms with Crippen molar-refractivity contribution in [3.63, 3.8) is 0 Å². The molecule has 0 saturated heterocycles. The Morgan fingerprint density at radius 1 is 1.39 bits per heavy atom. The van der Waals surface area contributed by atoms with Crippen molar-refractivity contribution in [3.8, 4) is 0 Å². The van der Waals surface area contributed by atoms with Gasteiger partial charge in [0.2, 0.25) is 10.0 Å². The molecule has 1 amide bonds. The summed E-state index contributed by atoms with van der Waals surface area (Å²) >= 11 is 5.57. The van der Waals surface area contributed by atoms with Crippen LogP contribution >= 0.6 is 11.6 Å². The fraction of sp³-hybridized carbons (Fsp3) is 0.417. The summed E-state index contributed by atoms with van der Waals surface area (Å²) in [7, 11) is -2.92. The third kappa shape index (κ3) is 5.47. The number of hydrogen-bond donors (Lipinski definition) is 1. The van der Waals surface area contributed by atoms with E-state index in [1.165, 1.54) is 0 Å². The van der Waals surface area contributed by atoms with Crippen molar-refractivity contribution >= 4 is 33.4 Å². The molecule has 0 radical (unpaired) electrons. The quantitative estimate of drug-likeness (QED) is 0.859. The molecule has 0 aliphatic carbocycles. The molecule has 0 spiro atoms. The average molecular weight is 375 g/mol. The molecule has 0 aromatic heterocycles. The van der Waals surface area contributed by atoms with Gasteiger partial charge in [0.05, 0.1) is 31.2 Å². The first-order valence-corrected chi connectivity index (χ1v) is 8.35. The molecule has 1 aromatic rings. The van der Waals surface area contributed by atoms with Crippen molar-refractivity contribution in [2.45, 2.75) is 6.18 Å². The van der Waals surface area contributed by atoms with Crippen LogP contribution in [0, 0.1) is 0 Å². The summed E-state index contributed by atoms with van der Waals surface area (Å²) in [5, 5.41) is 2.02. The number of methoxy groups -OCH3 is 1. The highest BCUT2D eigenvalue weighted by atomic mass is 35.5. The molecule has 0 aliphatic heterocycles. The summed E-state index contributed by atoms with van der Waals surface area (Å²) in [5.74, 6) is 0. The molecule has 130 valence electrons. The fourth-order valence-electron chi connectivity index (χ4n) is 1.75. The van der Waals surface area contributed by atoms with Crippen LogP contribution in [0.15, 0.2) is 18.2 Å². The van der Waals surface area contributed by atoms with E-state index in [1.807, 2.05) is 0 Å². The molecular weight excluding hydrogens is 361 g/mol. The highest BCUT2D eigenvalue weighted by Crippen LogP contribution is 2.38. The minimum Gasteiger partial charge on any atom is -0.453 e. The SMILES string of the molecule is COC(=O)NCCN(c1ccc(Cl)cc1C(F)(F)F)S(C)(=O)=O. The van der Waals surface area contributed by atoms with Gasteiger partial charge in [-0.2, -0.15) is 13.2 Å². The number of amides is 1. The van der Waals surface area contributed by atoms with Gasteiger partial charge in [0.15, 0.2) is 0 Å². The van der Waals surface area contributed by atoms with Crippen LogP contribution in [0.5, 0.6) is 0 Å². The van der Waals surface area contributed by atoms with Crippen LogP contribution in [0.2, 0.25) is 5.02 Å². The van der Waals surface area contributed by atoms with Crippen LogP contribution in [0.4, 0.5) is 23.7 Å². The number of nitrogens with zero attached hydrogens (tertiary/aromatic N) is 1. The number of halogens is 4. The Morgan fingerprint density at radius 3 is 2.48 bits per heavy atom. The number of rotatable bonds is 5. The maximum Gasteiger partial charge on any atom is 0.418 e. The molecule has 0 bridgehead atoms. The van der Waals surface area contributed by atoms with Gasteiger partial charge in [-0.05, 0) is 18.2 Å². The number of carbonyl (C=O) groups excluding carboxylic acids is 1. The first-order valence-electron chi connectivity index (χ1n) is 6.13. The molecule has 0 aliphatic rings. The molecular formula is C12H14ClF3N2O4S. The van der Waals surface area contributed by atoms with E-state index in [9.17, 15) is 26.4 Å². The monoisotopic (exact) mass is 374 g/mol. The van der Waals surface area contributed by atoms with Crippen molar-refractivity contribution in [1.82, 2.24) is 5.32 Å². The number of alkyl halides is 3. The molecule has 6 nitrogen and oxygen atoms in total. The zero-order chi connectivity index (χ0) is 17.8. The van der Waals surface area contributed by atoms with Crippen LogP contribution in [-0.4, -0.2) is 41.0 Å². The lowest BCUT2D eigenvalue weighted by Gasteiger charge is -2.25. The van der Waals surface area contributed by atoms with Gasteiger partial charge in [-0.25, -0.2) is 13.2 Å². The smallest absolute Gasteiger partial charge is 0.418 e. The maximum absolute atomic E-state index is 13.1. The van der Waals surface area contributed by atoms with E-state index >= 15 is 0 Å². The Morgan fingerprint density at radius 2 is 2.00 bits per heavy atom. The Bertz CT molecular complexity index is 679. The Labute approximate surface area is 136 Å². The van der Waals surface area contributed by atoms with Gasteiger partial charge in [-0.15, -0.1) is 0 Å². The Kier molecular flexibility index (Phi) is 6.11. The Balaban J connectivity index is 3.21. The first-order chi connectivity index (χ1) is 10.5. The van der Waals surface area contributed by atoms with Gasteiger partial charge >= 0.3 is 12.3 Å². The number of carbonyl (C=O) groups is 1. The van der Waals surface area contributed by atoms with Crippen molar-refractivity contribution in [1.29, 1.82) is 0 Å². The Hall–Kier alpha value is -1.68. The fourth-order valence-corrected chi connectivity index (χ4v) is 2.86. The standard InChI is InChI=1S/C12H14ClF3N2O4S/c1-22-11(19)17-5-6-18(23(2,20)21)10-4-3-8(13)7-9(10)12(14,15)16/h3-4,7H,5-6H2,1-2H3,(H,17,19). The summed E-state index contributed by atoms with van der Waals surface area (Å²) < 4.78 is 67.8. The van der Waals surface area contributed by atoms with Gasteiger partial charge in [0, 0.05) is 11.6 Å². The molecule has 23 heavy (non-hydrogen) atoms. The van der Waals surface area contributed by atoms with Crippen molar-refractivity contribution in [2.75, 3.05) is 30.8 Å². The van der Waals surface area contributed by atoms with Gasteiger partial charge in [-0.3, -0.25) is 4.31 Å². The van der Waals surface area contributed by atoms with Crippen molar-refractivity contribution in [2.24, 2.45) is 0 Å². The third-order valence-electron chi connectivity index (χ3n) is 2.70. The van der Waals surface area contributed by atoms with E-state index in [2.05, 4.69) is 10.1 Å². The minimum atomic E-state index is -4.79. The van der Waals surface area contributed by atoms with E-state index in [4.69, 9.17) is 11.6 Å². The number of alkyl carbamates (subject to hydrolysis) is 1. The molecule has 0 unspecified atom stereocenters. The van der Waals surface area contributed by atoms with Crippen molar-refractivity contribution in [3.05, 3.63) is 28.8 Å². The van der Waals surface area contributed by atoms with Crippen LogP contribution < -0.4 is 9.62 Å². The second-order valence-corrected chi connectivity index (χ2v) is 6.76. The van der Waals surface area contributed by atoms with Crippen LogP contribution in [0.25, 0.3) is 0 Å². The highest BCUT2D eigenvalue weighted by Gasteiger charge is 2.36. The zero-order valence-corrected chi connectivity index (χ0v) is 13.7. The summed E-state index contributed by atoms with van der Waals surface area (Å²) in [5.41, 5.74) is -1.76. The van der Waals surface area contributed by atoms with E-state index in [-0.39, 0.29) is 11.6 Å². The second-order valence-electron chi connectivity index (χ2n) is 4.41. The van der Waals surface area contributed by atoms with Crippen molar-refractivity contribution < 1.29 is 31.1 Å². The van der Waals surface area contributed by atoms with Gasteiger partial charge < -0.3 is 10.1 Å². The maximum atomic E-state index is 13.1. The lowest BCUT2D eigenvalue weighted by atomic mass is 10.1. The van der Waals surface area contributed by atoms with Gasteiger partial charge in [0.1, 0.15) is 0 Å². The summed E-state index contributed by atoms with van der Waals surface area (Å²) in [6, 6.07) is 2.76. The second kappa shape index (κ2) is 7.26. The topological polar surface area (TPSA) is 75.7 Å². The van der Waals surface area contributed by atoms with E-state index in [0.29, 0.717) is 10.4 Å². The van der Waals surface area contributed by atoms with E-state index in [0.717, 1.165) is 25.5 Å². The zero-order valence-electron chi connectivity index (χ0n) is 12.1. The molecule has 1 N–H and O–H groups in total. The lowest BCUT2D eigenvalue weighted by molar-refractivity contribution is -0.137. The summed E-state index contributed by atoms with van der Waals surface area (Å²) in [4.78, 5) is 11.0. The number of benzene rings is 1. The number of ether oxygens (including phenoxy) is 1. The molecule has 1 aromatic carbocycles. The predicted molar refractivity (Wildman–Crippen MR) is 79.1 cm³/mol. The first kappa shape index (κ1) is 19.4. The largest absolute Gasteiger partial charge is 0.453 e. The summed E-state index contributed by atoms with van der Waals surface area (Å²) in [6.07, 6.45) is -4.86. The van der Waals surface area contributed by atoms with Gasteiger partial charge in [-0.1, -0.05) is 11.6 Å². The van der Waals surface area contributed by atoms with Gasteiger partial charge in [0.25, 0.3) is 0 Å². The molecule has 0 saturated carbocycles. The summed E-state index contributed by atoms with van der Waals surface area (Å²) in [6.45, 7) is -0.641. The molecule has 11 heteroatoms. The minimum absolute atomic E-state index is 0.179. The van der Waals surface area contributed by atoms with E-state index < -0.39 is 40.1 Å². The van der Waals surface area contributed by atoms with Crippen LogP contribution in [0.1, 0.15) is 5.56 Å². The molecule has 0 fully saturated rings. The van der Waals surface area contributed by atoms with Crippen LogP contribution in [0.3, 0.4) is 0 Å². The normalized spacial score (nSPS) is 11.9. The molecule has 1 rings (SSSR count). The average Bonchev–Trinajstić information content (AvgIpc) is 2.41. The number of hydrogen-bond acceptors (Lipinski definition) is 4. The van der Waals surface area contributed by atoms with E-state index in [1.54, 1.807) is 0 Å². The molecule has 0 heterocycles. The number of nitrogens with one attached hydrogen (secondary N) is 1. The highest BCUT2D eigenvalue weighted by molar-refractivity contribution is 7.92.